The number of piperidine rings is 1. The van der Waals surface area contributed by atoms with Gasteiger partial charge < -0.3 is 10.1 Å². The van der Waals surface area contributed by atoms with Crippen molar-refractivity contribution in [2.75, 3.05) is 32.8 Å². The minimum atomic E-state index is -0.199. The Morgan fingerprint density at radius 3 is 2.74 bits per heavy atom. The molecule has 0 saturated carbocycles. The van der Waals surface area contributed by atoms with Gasteiger partial charge in [0.15, 0.2) is 5.78 Å². The first-order valence-corrected chi connectivity index (χ1v) is 6.98. The van der Waals surface area contributed by atoms with Crippen molar-refractivity contribution in [1.29, 1.82) is 0 Å². The first-order valence-electron chi connectivity index (χ1n) is 6.98. The van der Waals surface area contributed by atoms with E-state index in [1.54, 1.807) is 0 Å². The highest BCUT2D eigenvalue weighted by Crippen LogP contribution is 2.31. The van der Waals surface area contributed by atoms with Gasteiger partial charge in [0.1, 0.15) is 5.72 Å². The van der Waals surface area contributed by atoms with E-state index in [0.717, 1.165) is 44.6 Å². The molecule has 0 radical (unpaired) electrons. The van der Waals surface area contributed by atoms with E-state index < -0.39 is 0 Å². The Bertz CT molecular complexity index is 441. The number of nitrogens with one attached hydrogen (secondary N) is 1. The fourth-order valence-corrected chi connectivity index (χ4v) is 3.03. The van der Waals surface area contributed by atoms with Crippen LogP contribution in [-0.2, 0) is 4.74 Å². The molecular formula is C15H20N2O2. The second kappa shape index (κ2) is 5.41. The van der Waals surface area contributed by atoms with Gasteiger partial charge in [-0.25, -0.2) is 0 Å². The lowest BCUT2D eigenvalue weighted by atomic mass is 9.99. The molecule has 0 aromatic heterocycles. The zero-order valence-corrected chi connectivity index (χ0v) is 11.1. The minimum absolute atomic E-state index is 0.184. The summed E-state index contributed by atoms with van der Waals surface area (Å²) in [6.07, 6.45) is 1.93. The lowest BCUT2D eigenvalue weighted by Gasteiger charge is -2.40. The Kier molecular flexibility index (Phi) is 3.64. The summed E-state index contributed by atoms with van der Waals surface area (Å²) >= 11 is 0. The second-order valence-electron chi connectivity index (χ2n) is 5.26. The van der Waals surface area contributed by atoms with Gasteiger partial charge in [-0.2, -0.15) is 0 Å². The fourth-order valence-electron chi connectivity index (χ4n) is 3.03. The summed E-state index contributed by atoms with van der Waals surface area (Å²) in [6, 6.07) is 9.52. The molecule has 1 aromatic rings. The Morgan fingerprint density at radius 2 is 2.00 bits per heavy atom. The number of hydrogen-bond donors (Lipinski definition) is 1. The van der Waals surface area contributed by atoms with E-state index >= 15 is 0 Å². The van der Waals surface area contributed by atoms with Crippen LogP contribution in [0.25, 0.3) is 0 Å². The molecule has 0 aliphatic carbocycles. The van der Waals surface area contributed by atoms with E-state index in [1.807, 2.05) is 30.3 Å². The Morgan fingerprint density at radius 1 is 1.26 bits per heavy atom. The Hall–Kier alpha value is -1.23. The number of rotatable bonds is 3. The second-order valence-corrected chi connectivity index (χ2v) is 5.26. The van der Waals surface area contributed by atoms with Crippen molar-refractivity contribution in [3.05, 3.63) is 35.9 Å². The number of nitrogens with zero attached hydrogens (tertiary/aromatic N) is 1. The van der Waals surface area contributed by atoms with Crippen LogP contribution in [0.1, 0.15) is 23.2 Å². The smallest absolute Gasteiger partial charge is 0.176 e. The molecule has 2 heterocycles. The molecule has 2 aliphatic rings. The molecule has 0 amide bonds. The molecule has 4 heteroatoms. The lowest BCUT2D eigenvalue weighted by molar-refractivity contribution is -0.0984. The molecule has 19 heavy (non-hydrogen) atoms. The van der Waals surface area contributed by atoms with E-state index in [4.69, 9.17) is 4.74 Å². The van der Waals surface area contributed by atoms with Gasteiger partial charge in [0.2, 0.25) is 0 Å². The van der Waals surface area contributed by atoms with Crippen LogP contribution >= 0.6 is 0 Å². The highest BCUT2D eigenvalue weighted by Gasteiger charge is 2.43. The predicted molar refractivity (Wildman–Crippen MR) is 73.1 cm³/mol. The monoisotopic (exact) mass is 260 g/mol. The van der Waals surface area contributed by atoms with Gasteiger partial charge in [-0.3, -0.25) is 9.69 Å². The molecule has 0 unspecified atom stereocenters. The van der Waals surface area contributed by atoms with Gasteiger partial charge in [0.05, 0.1) is 13.2 Å². The maximum Gasteiger partial charge on any atom is 0.176 e. The van der Waals surface area contributed by atoms with Crippen molar-refractivity contribution in [2.24, 2.45) is 0 Å². The van der Waals surface area contributed by atoms with Crippen molar-refractivity contribution >= 4 is 5.78 Å². The number of ether oxygens (including phenoxy) is 1. The SMILES string of the molecule is O=C(CN1CCOC12CCNCC2)c1ccccc1. The molecule has 0 bridgehead atoms. The molecule has 1 N–H and O–H groups in total. The normalized spacial score (nSPS) is 22.7. The van der Waals surface area contributed by atoms with E-state index in [2.05, 4.69) is 10.2 Å². The summed E-state index contributed by atoms with van der Waals surface area (Å²) in [6.45, 7) is 4.00. The molecule has 2 aliphatic heterocycles. The summed E-state index contributed by atoms with van der Waals surface area (Å²) in [5.74, 6) is 0.184. The molecule has 3 rings (SSSR count). The molecule has 1 aromatic carbocycles. The quantitative estimate of drug-likeness (QED) is 0.831. The van der Waals surface area contributed by atoms with Gasteiger partial charge in [-0.05, 0) is 13.1 Å². The summed E-state index contributed by atoms with van der Waals surface area (Å²) in [5, 5.41) is 3.35. The van der Waals surface area contributed by atoms with Gasteiger partial charge in [-0.1, -0.05) is 30.3 Å². The van der Waals surface area contributed by atoms with Crippen molar-refractivity contribution < 1.29 is 9.53 Å². The third-order valence-corrected chi connectivity index (χ3v) is 4.12. The van der Waals surface area contributed by atoms with Crippen LogP contribution in [0.4, 0.5) is 0 Å². The number of carbonyl (C=O) groups excluding carboxylic acids is 1. The van der Waals surface area contributed by atoms with E-state index in [1.165, 1.54) is 0 Å². The predicted octanol–water partition coefficient (Wildman–Crippen LogP) is 1.28. The van der Waals surface area contributed by atoms with E-state index in [9.17, 15) is 4.79 Å². The molecule has 1 spiro atoms. The highest BCUT2D eigenvalue weighted by molar-refractivity contribution is 5.97. The van der Waals surface area contributed by atoms with E-state index in [-0.39, 0.29) is 11.5 Å². The first-order chi connectivity index (χ1) is 9.30. The topological polar surface area (TPSA) is 41.6 Å². The van der Waals surface area contributed by atoms with E-state index in [0.29, 0.717) is 6.54 Å². The van der Waals surface area contributed by atoms with Crippen LogP contribution in [0.2, 0.25) is 0 Å². The molecule has 0 atom stereocenters. The van der Waals surface area contributed by atoms with Crippen LogP contribution < -0.4 is 5.32 Å². The largest absolute Gasteiger partial charge is 0.359 e. The van der Waals surface area contributed by atoms with Crippen molar-refractivity contribution in [3.63, 3.8) is 0 Å². The summed E-state index contributed by atoms with van der Waals surface area (Å²) in [4.78, 5) is 14.5. The number of benzene rings is 1. The molecule has 2 fully saturated rings. The third-order valence-electron chi connectivity index (χ3n) is 4.12. The first kappa shape index (κ1) is 12.8. The van der Waals surface area contributed by atoms with Gasteiger partial charge >= 0.3 is 0 Å². The van der Waals surface area contributed by atoms with Gasteiger partial charge in [0, 0.05) is 24.9 Å². The number of Topliss-reactive ketones (excluding diaryl/α,β-unsaturated/α-hetero) is 1. The number of hydrogen-bond acceptors (Lipinski definition) is 4. The number of ketones is 1. The zero-order valence-electron chi connectivity index (χ0n) is 11.1. The van der Waals surface area contributed by atoms with Crippen LogP contribution in [0, 0.1) is 0 Å². The maximum absolute atomic E-state index is 12.3. The summed E-state index contributed by atoms with van der Waals surface area (Å²) in [5.41, 5.74) is 0.592. The standard InChI is InChI=1S/C15H20N2O2/c18-14(13-4-2-1-3-5-13)12-17-10-11-19-15(17)6-8-16-9-7-15/h1-5,16H,6-12H2. The van der Waals surface area contributed by atoms with Gasteiger partial charge in [-0.15, -0.1) is 0 Å². The van der Waals surface area contributed by atoms with Crippen molar-refractivity contribution in [3.8, 4) is 0 Å². The van der Waals surface area contributed by atoms with Gasteiger partial charge in [0.25, 0.3) is 0 Å². The minimum Gasteiger partial charge on any atom is -0.359 e. The Balaban J connectivity index is 1.70. The zero-order chi connectivity index (χ0) is 13.1. The van der Waals surface area contributed by atoms with Crippen molar-refractivity contribution in [1.82, 2.24) is 10.2 Å². The van der Waals surface area contributed by atoms with Crippen LogP contribution in [0.5, 0.6) is 0 Å². The molecular weight excluding hydrogens is 240 g/mol. The average molecular weight is 260 g/mol. The number of carbonyl (C=O) groups is 1. The average Bonchev–Trinajstić information content (AvgIpc) is 2.83. The molecule has 4 nitrogen and oxygen atoms in total. The third kappa shape index (κ3) is 2.56. The van der Waals surface area contributed by atoms with Crippen molar-refractivity contribution in [2.45, 2.75) is 18.6 Å². The fraction of sp³-hybridized carbons (Fsp3) is 0.533. The van der Waals surface area contributed by atoms with Crippen LogP contribution in [-0.4, -0.2) is 49.2 Å². The Labute approximate surface area is 113 Å². The molecule has 2 saturated heterocycles. The van der Waals surface area contributed by atoms with Crippen LogP contribution in [0.3, 0.4) is 0 Å². The maximum atomic E-state index is 12.3. The highest BCUT2D eigenvalue weighted by atomic mass is 16.5. The summed E-state index contributed by atoms with van der Waals surface area (Å²) in [7, 11) is 0. The molecule has 102 valence electrons. The van der Waals surface area contributed by atoms with Crippen LogP contribution in [0.15, 0.2) is 30.3 Å². The summed E-state index contributed by atoms with van der Waals surface area (Å²) < 4.78 is 5.96. The lowest BCUT2D eigenvalue weighted by Crippen LogP contribution is -2.53.